The lowest BCUT2D eigenvalue weighted by molar-refractivity contribution is 0.0397. The smallest absolute Gasteiger partial charge is 0.124 e. The van der Waals surface area contributed by atoms with Crippen LogP contribution in [0.15, 0.2) is 24.3 Å². The molecule has 3 nitrogen and oxygen atoms in total. The van der Waals surface area contributed by atoms with Crippen molar-refractivity contribution in [1.29, 1.82) is 0 Å². The molecule has 0 spiro atoms. The van der Waals surface area contributed by atoms with E-state index < -0.39 is 0 Å². The molecule has 0 radical (unpaired) electrons. The van der Waals surface area contributed by atoms with Crippen LogP contribution in [0, 0.1) is 5.92 Å². The van der Waals surface area contributed by atoms with E-state index in [4.69, 9.17) is 9.47 Å². The molecule has 0 aliphatic carbocycles. The molecular weight excluding hydrogens is 238 g/mol. The number of hydrogen-bond donors (Lipinski definition) is 1. The molecule has 1 saturated heterocycles. The average molecular weight is 263 g/mol. The predicted octanol–water partition coefficient (Wildman–Crippen LogP) is 3.16. The van der Waals surface area contributed by atoms with Crippen molar-refractivity contribution in [2.45, 2.75) is 32.2 Å². The third kappa shape index (κ3) is 3.71. The van der Waals surface area contributed by atoms with E-state index in [9.17, 15) is 0 Å². The summed E-state index contributed by atoms with van der Waals surface area (Å²) in [7, 11) is 2.02. The zero-order valence-corrected chi connectivity index (χ0v) is 12.0. The molecule has 2 atom stereocenters. The maximum Gasteiger partial charge on any atom is 0.124 e. The van der Waals surface area contributed by atoms with Gasteiger partial charge in [0.15, 0.2) is 0 Å². The van der Waals surface area contributed by atoms with Gasteiger partial charge in [-0.3, -0.25) is 0 Å². The first-order valence-electron chi connectivity index (χ1n) is 7.33. The fraction of sp³-hybridized carbons (Fsp3) is 0.625. The van der Waals surface area contributed by atoms with Gasteiger partial charge in [-0.1, -0.05) is 25.1 Å². The third-order valence-corrected chi connectivity index (χ3v) is 3.69. The van der Waals surface area contributed by atoms with Gasteiger partial charge in [0.05, 0.1) is 13.2 Å². The van der Waals surface area contributed by atoms with E-state index in [1.807, 2.05) is 13.1 Å². The summed E-state index contributed by atoms with van der Waals surface area (Å²) in [6.45, 7) is 4.65. The average Bonchev–Trinajstić information content (AvgIpc) is 2.48. The van der Waals surface area contributed by atoms with Crippen molar-refractivity contribution >= 4 is 0 Å². The quantitative estimate of drug-likeness (QED) is 0.855. The lowest BCUT2D eigenvalue weighted by Crippen LogP contribution is -2.31. The zero-order chi connectivity index (χ0) is 13.5. The standard InChI is InChI=1S/C16H25NO2/c1-3-10-19-15-9-5-4-8-14(15)16(17-2)13-7-6-11-18-12-13/h4-5,8-9,13,16-17H,3,6-7,10-12H2,1-2H3. The third-order valence-electron chi connectivity index (χ3n) is 3.69. The molecule has 106 valence electrons. The number of nitrogens with one attached hydrogen (secondary N) is 1. The van der Waals surface area contributed by atoms with Crippen molar-refractivity contribution in [2.24, 2.45) is 5.92 Å². The maximum absolute atomic E-state index is 5.88. The molecule has 3 heteroatoms. The Bertz CT molecular complexity index is 375. The van der Waals surface area contributed by atoms with E-state index in [0.717, 1.165) is 38.4 Å². The summed E-state index contributed by atoms with van der Waals surface area (Å²) in [6, 6.07) is 8.67. The topological polar surface area (TPSA) is 30.5 Å². The van der Waals surface area contributed by atoms with Gasteiger partial charge in [0.2, 0.25) is 0 Å². The van der Waals surface area contributed by atoms with Gasteiger partial charge in [-0.15, -0.1) is 0 Å². The number of benzene rings is 1. The SMILES string of the molecule is CCCOc1ccccc1C(NC)C1CCCOC1. The van der Waals surface area contributed by atoms with Crippen LogP contribution in [-0.4, -0.2) is 26.9 Å². The van der Waals surface area contributed by atoms with Crippen molar-refractivity contribution in [3.05, 3.63) is 29.8 Å². The lowest BCUT2D eigenvalue weighted by atomic mass is 9.88. The molecule has 1 aromatic rings. The van der Waals surface area contributed by atoms with Crippen LogP contribution in [0.5, 0.6) is 5.75 Å². The molecule has 1 fully saturated rings. The Labute approximate surface area is 116 Å². The predicted molar refractivity (Wildman–Crippen MR) is 77.6 cm³/mol. The molecule has 1 aromatic carbocycles. The van der Waals surface area contributed by atoms with Gasteiger partial charge in [-0.25, -0.2) is 0 Å². The molecule has 19 heavy (non-hydrogen) atoms. The highest BCUT2D eigenvalue weighted by atomic mass is 16.5. The van der Waals surface area contributed by atoms with Crippen molar-refractivity contribution in [3.63, 3.8) is 0 Å². The van der Waals surface area contributed by atoms with Crippen LogP contribution in [0.1, 0.15) is 37.8 Å². The van der Waals surface area contributed by atoms with Crippen LogP contribution in [0.25, 0.3) is 0 Å². The van der Waals surface area contributed by atoms with Crippen LogP contribution in [0.3, 0.4) is 0 Å². The molecule has 1 heterocycles. The molecule has 1 aliphatic rings. The summed E-state index contributed by atoms with van der Waals surface area (Å²) >= 11 is 0. The first-order valence-corrected chi connectivity index (χ1v) is 7.33. The van der Waals surface area contributed by atoms with Gasteiger partial charge >= 0.3 is 0 Å². The van der Waals surface area contributed by atoms with Gasteiger partial charge in [-0.2, -0.15) is 0 Å². The monoisotopic (exact) mass is 263 g/mol. The lowest BCUT2D eigenvalue weighted by Gasteiger charge is -2.31. The highest BCUT2D eigenvalue weighted by Crippen LogP contribution is 2.33. The number of rotatable bonds is 6. The van der Waals surface area contributed by atoms with Crippen molar-refractivity contribution < 1.29 is 9.47 Å². The number of hydrogen-bond acceptors (Lipinski definition) is 3. The van der Waals surface area contributed by atoms with E-state index in [1.165, 1.54) is 12.0 Å². The Balaban J connectivity index is 2.16. The molecule has 0 saturated carbocycles. The molecule has 0 aromatic heterocycles. The van der Waals surface area contributed by atoms with Crippen molar-refractivity contribution in [2.75, 3.05) is 26.9 Å². The molecule has 2 unspecified atom stereocenters. The summed E-state index contributed by atoms with van der Waals surface area (Å²) < 4.78 is 11.5. The second-order valence-corrected chi connectivity index (χ2v) is 5.13. The van der Waals surface area contributed by atoms with Crippen LogP contribution in [0.4, 0.5) is 0 Å². The number of para-hydroxylation sites is 1. The minimum Gasteiger partial charge on any atom is -0.493 e. The fourth-order valence-corrected chi connectivity index (χ4v) is 2.75. The van der Waals surface area contributed by atoms with Gasteiger partial charge in [0, 0.05) is 24.1 Å². The molecule has 1 aliphatic heterocycles. The molecule has 1 N–H and O–H groups in total. The summed E-state index contributed by atoms with van der Waals surface area (Å²) in [5.41, 5.74) is 1.26. The minimum absolute atomic E-state index is 0.313. The van der Waals surface area contributed by atoms with Crippen LogP contribution in [-0.2, 0) is 4.74 Å². The van der Waals surface area contributed by atoms with Crippen molar-refractivity contribution in [1.82, 2.24) is 5.32 Å². The Morgan fingerprint density at radius 2 is 2.26 bits per heavy atom. The molecular formula is C16H25NO2. The Hall–Kier alpha value is -1.06. The van der Waals surface area contributed by atoms with Crippen LogP contribution < -0.4 is 10.1 Å². The first-order chi connectivity index (χ1) is 9.36. The Kier molecular flexibility index (Phi) is 5.67. The largest absolute Gasteiger partial charge is 0.493 e. The molecule has 0 amide bonds. The van der Waals surface area contributed by atoms with Crippen LogP contribution >= 0.6 is 0 Å². The highest BCUT2D eigenvalue weighted by molar-refractivity contribution is 5.36. The fourth-order valence-electron chi connectivity index (χ4n) is 2.75. The van der Waals surface area contributed by atoms with E-state index in [2.05, 4.69) is 30.4 Å². The second kappa shape index (κ2) is 7.51. The van der Waals surface area contributed by atoms with Gasteiger partial charge in [-0.05, 0) is 32.4 Å². The Morgan fingerprint density at radius 3 is 2.95 bits per heavy atom. The van der Waals surface area contributed by atoms with Gasteiger partial charge < -0.3 is 14.8 Å². The second-order valence-electron chi connectivity index (χ2n) is 5.13. The van der Waals surface area contributed by atoms with Crippen LogP contribution in [0.2, 0.25) is 0 Å². The van der Waals surface area contributed by atoms with Gasteiger partial charge in [0.1, 0.15) is 5.75 Å². The summed E-state index contributed by atoms with van der Waals surface area (Å²) in [5.74, 6) is 1.54. The maximum atomic E-state index is 5.88. The summed E-state index contributed by atoms with van der Waals surface area (Å²) in [5, 5.41) is 3.44. The summed E-state index contributed by atoms with van der Waals surface area (Å²) in [6.07, 6.45) is 3.40. The van der Waals surface area contributed by atoms with Crippen molar-refractivity contribution in [3.8, 4) is 5.75 Å². The zero-order valence-electron chi connectivity index (χ0n) is 12.0. The highest BCUT2D eigenvalue weighted by Gasteiger charge is 2.26. The van der Waals surface area contributed by atoms with E-state index in [1.54, 1.807) is 0 Å². The normalized spacial score (nSPS) is 21.1. The molecule has 0 bridgehead atoms. The van der Waals surface area contributed by atoms with E-state index in [0.29, 0.717) is 12.0 Å². The minimum atomic E-state index is 0.313. The van der Waals surface area contributed by atoms with E-state index >= 15 is 0 Å². The summed E-state index contributed by atoms with van der Waals surface area (Å²) in [4.78, 5) is 0. The Morgan fingerprint density at radius 1 is 1.42 bits per heavy atom. The van der Waals surface area contributed by atoms with E-state index in [-0.39, 0.29) is 0 Å². The first kappa shape index (κ1) is 14.4. The molecule has 2 rings (SSSR count). The number of ether oxygens (including phenoxy) is 2. The van der Waals surface area contributed by atoms with Gasteiger partial charge in [0.25, 0.3) is 0 Å².